The molecule has 13 rings (SSSR count). The highest BCUT2D eigenvalue weighted by molar-refractivity contribution is 6.16. The van der Waals surface area contributed by atoms with Crippen molar-refractivity contribution in [3.8, 4) is 11.1 Å². The molecule has 0 aromatic heterocycles. The van der Waals surface area contributed by atoms with Crippen LogP contribution in [0.5, 0.6) is 0 Å². The lowest BCUT2D eigenvalue weighted by Crippen LogP contribution is -2.19. The van der Waals surface area contributed by atoms with Gasteiger partial charge in [0, 0.05) is 10.8 Å². The van der Waals surface area contributed by atoms with Gasteiger partial charge in [0.15, 0.2) is 0 Å². The minimum Gasteiger partial charge on any atom is -0.0836 e. The van der Waals surface area contributed by atoms with Crippen LogP contribution in [0.3, 0.4) is 0 Å². The van der Waals surface area contributed by atoms with E-state index in [0.29, 0.717) is 0 Å². The smallest absolute Gasteiger partial charge is 0.0159 e. The van der Waals surface area contributed by atoms with Crippen LogP contribution in [0.1, 0.15) is 85.0 Å². The molecule has 9 aromatic rings. The highest BCUT2D eigenvalue weighted by Crippen LogP contribution is 2.56. The summed E-state index contributed by atoms with van der Waals surface area (Å²) in [5, 5.41) is 16.2. The molecular formula is C56H42. The van der Waals surface area contributed by atoms with Crippen molar-refractivity contribution in [2.24, 2.45) is 0 Å². The molecule has 0 atom stereocenters. The van der Waals surface area contributed by atoms with Crippen molar-refractivity contribution in [2.45, 2.75) is 64.2 Å². The van der Waals surface area contributed by atoms with Crippen molar-refractivity contribution in [2.75, 3.05) is 0 Å². The minimum absolute atomic E-state index is 0.0119. The lowest BCUT2D eigenvalue weighted by molar-refractivity contribution is 0.605. The van der Waals surface area contributed by atoms with E-state index >= 15 is 0 Å². The van der Waals surface area contributed by atoms with Gasteiger partial charge in [0.2, 0.25) is 0 Å². The number of hydrogen-bond acceptors (Lipinski definition) is 0. The Kier molecular flexibility index (Phi) is 5.83. The number of hydrogen-bond donors (Lipinski definition) is 0. The fraction of sp³-hybridized carbons (Fsp3) is 0.179. The maximum absolute atomic E-state index is 2.54. The second-order valence-electron chi connectivity index (χ2n) is 18.3. The van der Waals surface area contributed by atoms with Crippen molar-refractivity contribution in [1.29, 1.82) is 0 Å². The molecule has 4 aliphatic carbocycles. The Bertz CT molecular complexity index is 3400. The number of fused-ring (bicyclic) bond motifs is 17. The van der Waals surface area contributed by atoms with Gasteiger partial charge in [-0.25, -0.2) is 0 Å². The van der Waals surface area contributed by atoms with Crippen molar-refractivity contribution in [3.05, 3.63) is 177 Å². The molecule has 0 bridgehead atoms. The van der Waals surface area contributed by atoms with Crippen molar-refractivity contribution in [3.63, 3.8) is 0 Å². The van der Waals surface area contributed by atoms with Gasteiger partial charge in [-0.05, 0) is 212 Å². The predicted octanol–water partition coefficient (Wildman–Crippen LogP) is 14.9. The van der Waals surface area contributed by atoms with Crippen LogP contribution in [0.15, 0.2) is 133 Å². The highest BCUT2D eigenvalue weighted by Gasteiger charge is 2.41. The third-order valence-corrected chi connectivity index (χ3v) is 14.7. The second kappa shape index (κ2) is 10.4. The molecule has 4 aliphatic rings. The van der Waals surface area contributed by atoms with Crippen LogP contribution in [0.2, 0.25) is 0 Å². The van der Waals surface area contributed by atoms with Gasteiger partial charge >= 0.3 is 0 Å². The van der Waals surface area contributed by atoms with E-state index in [1.54, 1.807) is 5.57 Å². The molecule has 0 spiro atoms. The summed E-state index contributed by atoms with van der Waals surface area (Å²) in [5.74, 6) is 0. The Balaban J connectivity index is 0.991. The van der Waals surface area contributed by atoms with Crippen molar-refractivity contribution < 1.29 is 0 Å². The minimum atomic E-state index is -0.0841. The number of allylic oxidation sites excluding steroid dienone is 2. The van der Waals surface area contributed by atoms with Crippen LogP contribution < -0.4 is 0 Å². The van der Waals surface area contributed by atoms with Gasteiger partial charge in [0.25, 0.3) is 0 Å². The summed E-state index contributed by atoms with van der Waals surface area (Å²) < 4.78 is 0. The molecule has 0 fully saturated rings. The van der Waals surface area contributed by atoms with E-state index in [2.05, 4.69) is 161 Å². The van der Waals surface area contributed by atoms with Crippen LogP contribution in [-0.2, 0) is 23.7 Å². The zero-order valence-corrected chi connectivity index (χ0v) is 32.5. The number of rotatable bonds is 0. The molecular weight excluding hydrogens is 673 g/mol. The Labute approximate surface area is 327 Å². The van der Waals surface area contributed by atoms with Gasteiger partial charge in [-0.3, -0.25) is 0 Å². The predicted molar refractivity (Wildman–Crippen MR) is 240 cm³/mol. The average Bonchev–Trinajstić information content (AvgIpc) is 3.57. The molecule has 0 heteroatoms. The third kappa shape index (κ3) is 3.95. The lowest BCUT2D eigenvalue weighted by Gasteiger charge is -2.28. The van der Waals surface area contributed by atoms with E-state index in [-0.39, 0.29) is 10.8 Å². The molecule has 0 saturated carbocycles. The standard InChI is InChI=1S/C56H42/c1-55(2)49-19-17-41-43(15-13-35-21-31-9-5-7-11-33(31)25-45(35)41)53(49)47-27-37-24-40-30-52-48(28-38(40)23-39(37)29-51(47)55)54-44-16-14-36-22-32-10-6-8-12-34(32)26-46(36)42(44)18-20-50(54)56(52,3)4/h5-7,9-11,13-16,18,20-30H,8,12,17,19H2,1-4H3. The van der Waals surface area contributed by atoms with E-state index in [0.717, 1.165) is 25.7 Å². The second-order valence-corrected chi connectivity index (χ2v) is 18.3. The monoisotopic (exact) mass is 714 g/mol. The molecule has 0 aliphatic heterocycles. The molecule has 0 heterocycles. The Morgan fingerprint density at radius 2 is 1.11 bits per heavy atom. The summed E-state index contributed by atoms with van der Waals surface area (Å²) in [6.07, 6.45) is 9.08. The molecule has 0 radical (unpaired) electrons. The van der Waals surface area contributed by atoms with Gasteiger partial charge in [-0.2, -0.15) is 0 Å². The van der Waals surface area contributed by atoms with Gasteiger partial charge in [-0.15, -0.1) is 0 Å². The summed E-state index contributed by atoms with van der Waals surface area (Å²) in [6.45, 7) is 9.79. The summed E-state index contributed by atoms with van der Waals surface area (Å²) in [5.41, 5.74) is 17.4. The van der Waals surface area contributed by atoms with Gasteiger partial charge < -0.3 is 0 Å². The first-order valence-corrected chi connectivity index (χ1v) is 20.7. The topological polar surface area (TPSA) is 0 Å². The zero-order chi connectivity index (χ0) is 37.2. The van der Waals surface area contributed by atoms with Crippen LogP contribution >= 0.6 is 0 Å². The summed E-state index contributed by atoms with van der Waals surface area (Å²) >= 11 is 0. The van der Waals surface area contributed by atoms with Gasteiger partial charge in [0.05, 0.1) is 0 Å². The largest absolute Gasteiger partial charge is 0.0836 e. The molecule has 0 saturated heterocycles. The fourth-order valence-corrected chi connectivity index (χ4v) is 11.8. The maximum Gasteiger partial charge on any atom is 0.0159 e. The quantitative estimate of drug-likeness (QED) is 0.108. The molecule has 0 unspecified atom stereocenters. The van der Waals surface area contributed by atoms with Crippen LogP contribution in [0, 0.1) is 0 Å². The van der Waals surface area contributed by atoms with Crippen LogP contribution in [0.4, 0.5) is 0 Å². The summed E-state index contributed by atoms with van der Waals surface area (Å²) in [6, 6.07) is 48.0. The summed E-state index contributed by atoms with van der Waals surface area (Å²) in [7, 11) is 0. The Morgan fingerprint density at radius 1 is 0.429 bits per heavy atom. The van der Waals surface area contributed by atoms with Gasteiger partial charge in [0.1, 0.15) is 0 Å². The van der Waals surface area contributed by atoms with Crippen LogP contribution in [-0.4, -0.2) is 0 Å². The zero-order valence-electron chi connectivity index (χ0n) is 32.5. The van der Waals surface area contributed by atoms with Crippen molar-refractivity contribution in [1.82, 2.24) is 0 Å². The Morgan fingerprint density at radius 3 is 1.93 bits per heavy atom. The third-order valence-electron chi connectivity index (χ3n) is 14.7. The molecule has 0 nitrogen and oxygen atoms in total. The average molecular weight is 715 g/mol. The Hall–Kier alpha value is -5.98. The fourth-order valence-electron chi connectivity index (χ4n) is 11.8. The normalized spacial score (nSPS) is 17.1. The summed E-state index contributed by atoms with van der Waals surface area (Å²) in [4.78, 5) is 0. The molecule has 0 amide bonds. The van der Waals surface area contributed by atoms with E-state index in [4.69, 9.17) is 0 Å². The van der Waals surface area contributed by atoms with E-state index in [1.165, 1.54) is 126 Å². The number of benzene rings is 9. The highest BCUT2D eigenvalue weighted by atomic mass is 14.4. The van der Waals surface area contributed by atoms with Gasteiger partial charge in [-0.1, -0.05) is 106 Å². The molecule has 0 N–H and O–H groups in total. The van der Waals surface area contributed by atoms with Crippen molar-refractivity contribution >= 4 is 76.3 Å². The molecule has 56 heavy (non-hydrogen) atoms. The van der Waals surface area contributed by atoms with Crippen LogP contribution in [0.25, 0.3) is 87.4 Å². The molecule has 266 valence electrons. The van der Waals surface area contributed by atoms with E-state index < -0.39 is 0 Å². The lowest BCUT2D eigenvalue weighted by atomic mass is 9.75. The SMILES string of the molecule is CC1(C)C2=C(c3cc4cc5cc6c(cc5cc4cc31)-c1c(ccc3c1ccc1cc4c(cc13)CCC=C4)C6(C)C)c1ccc3cc4ccccc4cc3c1CC2. The number of aryl methyl sites for hydroxylation is 2. The first-order valence-electron chi connectivity index (χ1n) is 20.7. The van der Waals surface area contributed by atoms with E-state index in [1.807, 2.05) is 0 Å². The molecule has 9 aromatic carbocycles. The maximum atomic E-state index is 2.54. The first kappa shape index (κ1) is 31.2. The first-order chi connectivity index (χ1) is 27.2. The van der Waals surface area contributed by atoms with E-state index in [9.17, 15) is 0 Å².